The van der Waals surface area contributed by atoms with Crippen molar-refractivity contribution in [2.75, 3.05) is 0 Å². The van der Waals surface area contributed by atoms with Gasteiger partial charge in [-0.15, -0.1) is 0 Å². The molecule has 0 bridgehead atoms. The lowest BCUT2D eigenvalue weighted by Crippen LogP contribution is -2.50. The van der Waals surface area contributed by atoms with Gasteiger partial charge in [0.05, 0.1) is 11.8 Å². The summed E-state index contributed by atoms with van der Waals surface area (Å²) in [6.07, 6.45) is 21.8. The van der Waals surface area contributed by atoms with Crippen molar-refractivity contribution < 1.29 is 5.11 Å². The summed E-state index contributed by atoms with van der Waals surface area (Å²) >= 11 is 0. The molecule has 6 rings (SSSR count). The van der Waals surface area contributed by atoms with E-state index >= 15 is 0 Å². The van der Waals surface area contributed by atoms with Gasteiger partial charge >= 0.3 is 0 Å². The molecule has 0 saturated heterocycles. The van der Waals surface area contributed by atoms with E-state index in [9.17, 15) is 5.11 Å². The monoisotopic (exact) mass is 373 g/mol. The molecule has 6 unspecified atom stereocenters. The number of aliphatic hydroxyl groups is 1. The summed E-state index contributed by atoms with van der Waals surface area (Å²) in [7, 11) is 0. The maximum absolute atomic E-state index is 10.2. The Hall–Kier alpha value is -1.67. The molecule has 6 atom stereocenters. The van der Waals surface area contributed by atoms with Gasteiger partial charge in [-0.3, -0.25) is 4.99 Å². The predicted molar refractivity (Wildman–Crippen MR) is 114 cm³/mol. The number of hydrogen-bond donors (Lipinski definition) is 1. The third kappa shape index (κ3) is 2.10. The predicted octanol–water partition coefficient (Wildman–Crippen LogP) is 5.68. The van der Waals surface area contributed by atoms with Crippen LogP contribution in [0.15, 0.2) is 63.9 Å². The molecule has 0 aromatic rings. The molecule has 0 spiro atoms. The highest BCUT2D eigenvalue weighted by molar-refractivity contribution is 6.16. The number of fused-ring (bicyclic) bond motifs is 6. The van der Waals surface area contributed by atoms with Crippen molar-refractivity contribution in [2.24, 2.45) is 33.6 Å². The average Bonchev–Trinajstić information content (AvgIpc) is 3.36. The Morgan fingerprint density at radius 2 is 1.86 bits per heavy atom. The lowest BCUT2D eigenvalue weighted by atomic mass is 9.47. The van der Waals surface area contributed by atoms with Crippen LogP contribution in [-0.2, 0) is 0 Å². The number of aliphatic hydroxyl groups excluding tert-OH is 1. The van der Waals surface area contributed by atoms with E-state index in [1.165, 1.54) is 43.3 Å². The minimum absolute atomic E-state index is 0.110. The third-order valence-corrected chi connectivity index (χ3v) is 9.36. The van der Waals surface area contributed by atoms with Gasteiger partial charge in [-0.1, -0.05) is 43.7 Å². The maximum atomic E-state index is 10.2. The average molecular weight is 374 g/mol. The summed E-state index contributed by atoms with van der Waals surface area (Å²) in [5, 5.41) is 10.2. The third-order valence-electron chi connectivity index (χ3n) is 9.36. The first-order valence-corrected chi connectivity index (χ1v) is 11.3. The molecule has 6 aliphatic rings. The fourth-order valence-electron chi connectivity index (χ4n) is 7.80. The van der Waals surface area contributed by atoms with Crippen molar-refractivity contribution >= 4 is 5.71 Å². The molecule has 0 radical (unpaired) electrons. The van der Waals surface area contributed by atoms with Crippen molar-refractivity contribution in [3.8, 4) is 0 Å². The molecule has 2 nitrogen and oxygen atoms in total. The molecule has 0 aromatic heterocycles. The summed E-state index contributed by atoms with van der Waals surface area (Å²) in [5.74, 6) is 2.33. The first kappa shape index (κ1) is 17.2. The molecule has 5 aliphatic carbocycles. The fourth-order valence-corrected chi connectivity index (χ4v) is 7.80. The van der Waals surface area contributed by atoms with E-state index in [2.05, 4.69) is 55.4 Å². The second kappa shape index (κ2) is 5.69. The number of nitrogens with zero attached hydrogens (tertiary/aromatic N) is 1. The summed E-state index contributed by atoms with van der Waals surface area (Å²) < 4.78 is 0. The van der Waals surface area contributed by atoms with Gasteiger partial charge < -0.3 is 5.11 Å². The molecule has 2 fully saturated rings. The summed E-state index contributed by atoms with van der Waals surface area (Å²) in [4.78, 5) is 4.67. The fraction of sp³-hybridized carbons (Fsp3) is 0.577. The van der Waals surface area contributed by atoms with E-state index < -0.39 is 0 Å². The Bertz CT molecular complexity index is 928. The van der Waals surface area contributed by atoms with E-state index in [1.807, 2.05) is 0 Å². The number of hydrogen-bond acceptors (Lipinski definition) is 2. The van der Waals surface area contributed by atoms with Crippen LogP contribution in [0.5, 0.6) is 0 Å². The summed E-state index contributed by atoms with van der Waals surface area (Å²) in [6.45, 7) is 5.06. The van der Waals surface area contributed by atoms with E-state index in [0.717, 1.165) is 36.3 Å². The van der Waals surface area contributed by atoms with E-state index in [4.69, 9.17) is 0 Å². The number of rotatable bonds is 1. The van der Waals surface area contributed by atoms with Crippen LogP contribution in [0.2, 0.25) is 0 Å². The van der Waals surface area contributed by atoms with Gasteiger partial charge in [0.1, 0.15) is 0 Å². The molecule has 0 aromatic carbocycles. The van der Waals surface area contributed by atoms with Crippen molar-refractivity contribution in [1.29, 1.82) is 0 Å². The van der Waals surface area contributed by atoms with Crippen molar-refractivity contribution in [1.82, 2.24) is 0 Å². The number of allylic oxidation sites excluding steroid dienone is 8. The molecule has 2 saturated carbocycles. The van der Waals surface area contributed by atoms with Gasteiger partial charge in [0.2, 0.25) is 0 Å². The zero-order chi connectivity index (χ0) is 19.1. The SMILES string of the molecule is CC12CCC(O)CC1=CCC1C2CCC2(C)C(C3=CN=C4C=CC=C34)=CCC12. The van der Waals surface area contributed by atoms with Crippen LogP contribution in [0, 0.1) is 28.6 Å². The second-order valence-electron chi connectivity index (χ2n) is 10.5. The van der Waals surface area contributed by atoms with Crippen LogP contribution in [-0.4, -0.2) is 16.9 Å². The Labute approximate surface area is 168 Å². The van der Waals surface area contributed by atoms with Gasteiger partial charge in [0.15, 0.2) is 0 Å². The molecule has 1 heterocycles. The van der Waals surface area contributed by atoms with Crippen molar-refractivity contribution in [2.45, 2.75) is 64.9 Å². The van der Waals surface area contributed by atoms with Gasteiger partial charge in [0.25, 0.3) is 0 Å². The molecular formula is C26H31NO. The van der Waals surface area contributed by atoms with Crippen molar-refractivity contribution in [3.05, 3.63) is 58.9 Å². The van der Waals surface area contributed by atoms with Gasteiger partial charge in [0, 0.05) is 17.3 Å². The lowest BCUT2D eigenvalue weighted by molar-refractivity contribution is -0.0287. The maximum Gasteiger partial charge on any atom is 0.0708 e. The molecule has 28 heavy (non-hydrogen) atoms. The second-order valence-corrected chi connectivity index (χ2v) is 10.5. The van der Waals surface area contributed by atoms with E-state index in [1.54, 1.807) is 11.1 Å². The largest absolute Gasteiger partial charge is 0.393 e. The zero-order valence-electron chi connectivity index (χ0n) is 17.1. The van der Waals surface area contributed by atoms with Crippen molar-refractivity contribution in [3.63, 3.8) is 0 Å². The Balaban J connectivity index is 1.32. The molecule has 1 aliphatic heterocycles. The summed E-state index contributed by atoms with van der Waals surface area (Å²) in [6, 6.07) is 0. The minimum atomic E-state index is -0.110. The molecular weight excluding hydrogens is 342 g/mol. The zero-order valence-corrected chi connectivity index (χ0v) is 17.1. The standard InChI is InChI=1S/C26H31NO/c1-25-12-10-17(28)14-16(25)6-7-19-21-8-9-22(26(21,2)13-11-23(19)25)20-15-27-24-5-3-4-18(20)24/h3-6,9,15,17,19,21,23,28H,7-8,10-14H2,1-2H3. The highest BCUT2D eigenvalue weighted by Crippen LogP contribution is 2.66. The van der Waals surface area contributed by atoms with Gasteiger partial charge in [-0.25, -0.2) is 0 Å². The normalized spacial score (nSPS) is 45.9. The lowest BCUT2D eigenvalue weighted by Gasteiger charge is -2.57. The quantitative estimate of drug-likeness (QED) is 0.589. The van der Waals surface area contributed by atoms with Crippen LogP contribution in [0.4, 0.5) is 0 Å². The topological polar surface area (TPSA) is 32.6 Å². The molecule has 2 heteroatoms. The molecule has 1 N–H and O–H groups in total. The van der Waals surface area contributed by atoms with Crippen LogP contribution < -0.4 is 0 Å². The van der Waals surface area contributed by atoms with Crippen LogP contribution in [0.25, 0.3) is 0 Å². The van der Waals surface area contributed by atoms with Gasteiger partial charge in [-0.2, -0.15) is 0 Å². The highest BCUT2D eigenvalue weighted by Gasteiger charge is 2.57. The summed E-state index contributed by atoms with van der Waals surface area (Å²) in [5.41, 5.74) is 7.64. The van der Waals surface area contributed by atoms with Gasteiger partial charge in [-0.05, 0) is 85.2 Å². The molecule has 146 valence electrons. The first-order valence-electron chi connectivity index (χ1n) is 11.3. The van der Waals surface area contributed by atoms with Crippen LogP contribution >= 0.6 is 0 Å². The molecule has 0 amide bonds. The Morgan fingerprint density at radius 3 is 2.75 bits per heavy atom. The van der Waals surface area contributed by atoms with E-state index in [-0.39, 0.29) is 11.5 Å². The Kier molecular flexibility index (Phi) is 3.50. The van der Waals surface area contributed by atoms with Crippen LogP contribution in [0.1, 0.15) is 58.8 Å². The smallest absolute Gasteiger partial charge is 0.0708 e. The number of aliphatic imine (C=N–C) groups is 1. The minimum Gasteiger partial charge on any atom is -0.393 e. The highest BCUT2D eigenvalue weighted by atomic mass is 16.3. The first-order chi connectivity index (χ1) is 13.5. The van der Waals surface area contributed by atoms with E-state index in [0.29, 0.717) is 5.41 Å². The Morgan fingerprint density at radius 1 is 1.00 bits per heavy atom. The van der Waals surface area contributed by atoms with Crippen LogP contribution in [0.3, 0.4) is 0 Å².